The van der Waals surface area contributed by atoms with Crippen LogP contribution in [0.25, 0.3) is 0 Å². The molecule has 0 fully saturated rings. The normalized spacial score (nSPS) is 17.0. The van der Waals surface area contributed by atoms with Gasteiger partial charge in [0.15, 0.2) is 0 Å². The second-order valence-electron chi connectivity index (χ2n) is 5.61. The Morgan fingerprint density at radius 3 is 2.91 bits per heavy atom. The van der Waals surface area contributed by atoms with Crippen LogP contribution < -0.4 is 10.1 Å². The van der Waals surface area contributed by atoms with Crippen molar-refractivity contribution in [3.8, 4) is 5.75 Å². The van der Waals surface area contributed by atoms with Crippen molar-refractivity contribution in [2.24, 2.45) is 0 Å². The Hall–Kier alpha value is -2.08. The maximum Gasteiger partial charge on any atom is 0.251 e. The van der Waals surface area contributed by atoms with Crippen LogP contribution in [0.5, 0.6) is 5.75 Å². The highest BCUT2D eigenvalue weighted by atomic mass is 16.5. The van der Waals surface area contributed by atoms with E-state index in [1.807, 2.05) is 13.8 Å². The first-order valence-electron chi connectivity index (χ1n) is 7.89. The Bertz CT molecular complexity index is 574. The molecule has 1 aliphatic rings. The predicted molar refractivity (Wildman–Crippen MR) is 86.4 cm³/mol. The Labute approximate surface area is 136 Å². The molecule has 6 nitrogen and oxygen atoms in total. The molecule has 1 N–H and O–H groups in total. The molecule has 2 amide bonds. The smallest absolute Gasteiger partial charge is 0.251 e. The quantitative estimate of drug-likeness (QED) is 0.837. The van der Waals surface area contributed by atoms with E-state index in [1.165, 1.54) is 0 Å². The molecule has 0 spiro atoms. The number of ether oxygens (including phenoxy) is 2. The van der Waals surface area contributed by atoms with Crippen molar-refractivity contribution in [2.45, 2.75) is 32.9 Å². The van der Waals surface area contributed by atoms with Gasteiger partial charge in [0.25, 0.3) is 5.91 Å². The first-order valence-corrected chi connectivity index (χ1v) is 7.89. The fraction of sp³-hybridized carbons (Fsp3) is 0.529. The Balaban J connectivity index is 2.18. The number of carbonyl (C=O) groups is 2. The number of rotatable bonds is 5. The monoisotopic (exact) mass is 320 g/mol. The van der Waals surface area contributed by atoms with Crippen LogP contribution in [0.3, 0.4) is 0 Å². The van der Waals surface area contributed by atoms with Gasteiger partial charge in [0.05, 0.1) is 12.6 Å². The lowest BCUT2D eigenvalue weighted by molar-refractivity contribution is -0.133. The van der Waals surface area contributed by atoms with Crippen LogP contribution in [0.2, 0.25) is 0 Å². The topological polar surface area (TPSA) is 67.9 Å². The molecule has 0 saturated heterocycles. The van der Waals surface area contributed by atoms with Gasteiger partial charge in [-0.15, -0.1) is 0 Å². The number of hydrogen-bond donors (Lipinski definition) is 1. The molecule has 0 aromatic heterocycles. The summed E-state index contributed by atoms with van der Waals surface area (Å²) < 4.78 is 10.7. The van der Waals surface area contributed by atoms with Gasteiger partial charge in [-0.2, -0.15) is 0 Å². The maximum atomic E-state index is 12.1. The SMILES string of the molecule is CCC(=O)N1Cc2cc(C(=O)NCCOC)ccc2OC[C@@H]1C. The summed E-state index contributed by atoms with van der Waals surface area (Å²) in [5, 5.41) is 2.79. The Morgan fingerprint density at radius 1 is 1.43 bits per heavy atom. The molecule has 126 valence electrons. The Kier molecular flexibility index (Phi) is 5.98. The van der Waals surface area contributed by atoms with Gasteiger partial charge in [0.1, 0.15) is 12.4 Å². The van der Waals surface area contributed by atoms with Crippen LogP contribution in [0.15, 0.2) is 18.2 Å². The highest BCUT2D eigenvalue weighted by Crippen LogP contribution is 2.26. The van der Waals surface area contributed by atoms with Crippen molar-refractivity contribution in [1.82, 2.24) is 10.2 Å². The molecular weight excluding hydrogens is 296 g/mol. The van der Waals surface area contributed by atoms with Crippen molar-refractivity contribution < 1.29 is 19.1 Å². The van der Waals surface area contributed by atoms with E-state index in [0.717, 1.165) is 11.3 Å². The van der Waals surface area contributed by atoms with Crippen molar-refractivity contribution in [1.29, 1.82) is 0 Å². The number of benzene rings is 1. The average molecular weight is 320 g/mol. The lowest BCUT2D eigenvalue weighted by Crippen LogP contribution is -2.39. The largest absolute Gasteiger partial charge is 0.491 e. The van der Waals surface area contributed by atoms with Crippen molar-refractivity contribution in [3.05, 3.63) is 29.3 Å². The van der Waals surface area contributed by atoms with Gasteiger partial charge in [-0.1, -0.05) is 6.92 Å². The number of fused-ring (bicyclic) bond motifs is 1. The molecule has 0 unspecified atom stereocenters. The third-order valence-electron chi connectivity index (χ3n) is 3.89. The van der Waals surface area contributed by atoms with E-state index in [4.69, 9.17) is 9.47 Å². The summed E-state index contributed by atoms with van der Waals surface area (Å²) in [6.45, 7) is 5.66. The number of nitrogens with zero attached hydrogens (tertiary/aromatic N) is 1. The molecule has 0 saturated carbocycles. The number of carbonyl (C=O) groups excluding carboxylic acids is 2. The molecule has 0 bridgehead atoms. The van der Waals surface area contributed by atoms with Gasteiger partial charge in [0, 0.05) is 37.7 Å². The van der Waals surface area contributed by atoms with Crippen LogP contribution in [0.4, 0.5) is 0 Å². The molecule has 23 heavy (non-hydrogen) atoms. The molecule has 6 heteroatoms. The number of hydrogen-bond acceptors (Lipinski definition) is 4. The first-order chi connectivity index (χ1) is 11.1. The number of amides is 2. The molecule has 0 radical (unpaired) electrons. The van der Waals surface area contributed by atoms with E-state index in [1.54, 1.807) is 30.2 Å². The summed E-state index contributed by atoms with van der Waals surface area (Å²) in [7, 11) is 1.59. The highest BCUT2D eigenvalue weighted by Gasteiger charge is 2.25. The van der Waals surface area contributed by atoms with E-state index in [0.29, 0.717) is 38.3 Å². The molecule has 1 atom stereocenters. The lowest BCUT2D eigenvalue weighted by Gasteiger charge is -2.25. The first kappa shape index (κ1) is 17.3. The summed E-state index contributed by atoms with van der Waals surface area (Å²) in [6.07, 6.45) is 0.455. The molecule has 0 aliphatic carbocycles. The fourth-order valence-electron chi connectivity index (χ4n) is 2.53. The summed E-state index contributed by atoms with van der Waals surface area (Å²) in [5.41, 5.74) is 1.41. The third kappa shape index (κ3) is 4.22. The van der Waals surface area contributed by atoms with Crippen LogP contribution in [-0.4, -0.2) is 49.6 Å². The van der Waals surface area contributed by atoms with Crippen LogP contribution >= 0.6 is 0 Å². The van der Waals surface area contributed by atoms with Gasteiger partial charge in [0.2, 0.25) is 5.91 Å². The van der Waals surface area contributed by atoms with Crippen LogP contribution in [-0.2, 0) is 16.1 Å². The summed E-state index contributed by atoms with van der Waals surface area (Å²) >= 11 is 0. The van der Waals surface area contributed by atoms with Gasteiger partial charge in [-0.25, -0.2) is 0 Å². The van der Waals surface area contributed by atoms with Crippen LogP contribution in [0.1, 0.15) is 36.2 Å². The van der Waals surface area contributed by atoms with Gasteiger partial charge in [-0.05, 0) is 25.1 Å². The minimum atomic E-state index is -0.157. The zero-order chi connectivity index (χ0) is 16.8. The van der Waals surface area contributed by atoms with Crippen molar-refractivity contribution >= 4 is 11.8 Å². The van der Waals surface area contributed by atoms with E-state index in [9.17, 15) is 9.59 Å². The third-order valence-corrected chi connectivity index (χ3v) is 3.89. The molecular formula is C17H24N2O4. The van der Waals surface area contributed by atoms with Crippen LogP contribution in [0, 0.1) is 0 Å². The molecule has 1 aromatic carbocycles. The molecule has 1 heterocycles. The molecule has 1 aliphatic heterocycles. The van der Waals surface area contributed by atoms with Crippen molar-refractivity contribution in [2.75, 3.05) is 26.9 Å². The summed E-state index contributed by atoms with van der Waals surface area (Å²) in [5.74, 6) is 0.663. The van der Waals surface area contributed by atoms with E-state index in [2.05, 4.69) is 5.32 Å². The van der Waals surface area contributed by atoms with E-state index < -0.39 is 0 Å². The number of nitrogens with one attached hydrogen (secondary N) is 1. The molecule has 2 rings (SSSR count). The maximum absolute atomic E-state index is 12.1. The highest BCUT2D eigenvalue weighted by molar-refractivity contribution is 5.94. The van der Waals surface area contributed by atoms with Crippen molar-refractivity contribution in [3.63, 3.8) is 0 Å². The van der Waals surface area contributed by atoms with E-state index in [-0.39, 0.29) is 17.9 Å². The second-order valence-corrected chi connectivity index (χ2v) is 5.61. The number of methoxy groups -OCH3 is 1. The summed E-state index contributed by atoms with van der Waals surface area (Å²) in [6, 6.07) is 5.34. The average Bonchev–Trinajstić information content (AvgIpc) is 2.73. The van der Waals surface area contributed by atoms with E-state index >= 15 is 0 Å². The fourth-order valence-corrected chi connectivity index (χ4v) is 2.53. The standard InChI is InChI=1S/C17H24N2O4/c1-4-16(20)19-10-14-9-13(17(21)18-7-8-22-3)5-6-15(14)23-11-12(19)2/h5-6,9,12H,4,7-8,10-11H2,1-3H3,(H,18,21)/t12-/m0/s1. The van der Waals surface area contributed by atoms with Gasteiger partial charge >= 0.3 is 0 Å². The minimum Gasteiger partial charge on any atom is -0.491 e. The summed E-state index contributed by atoms with van der Waals surface area (Å²) in [4.78, 5) is 26.1. The van der Waals surface area contributed by atoms with Gasteiger partial charge in [-0.3, -0.25) is 9.59 Å². The predicted octanol–water partition coefficient (Wildman–Crippen LogP) is 1.58. The second kappa shape index (κ2) is 7.97. The molecule has 1 aromatic rings. The zero-order valence-corrected chi connectivity index (χ0v) is 13.9. The lowest BCUT2D eigenvalue weighted by atomic mass is 10.1. The minimum absolute atomic E-state index is 0.00818. The Morgan fingerprint density at radius 2 is 2.22 bits per heavy atom. The van der Waals surface area contributed by atoms with Gasteiger partial charge < -0.3 is 19.7 Å². The zero-order valence-electron chi connectivity index (χ0n) is 13.9.